The van der Waals surface area contributed by atoms with Gasteiger partial charge >= 0.3 is 0 Å². The summed E-state index contributed by atoms with van der Waals surface area (Å²) in [5.74, 6) is -1.91. The molecule has 4 aromatic rings. The van der Waals surface area contributed by atoms with E-state index in [1.807, 2.05) is 55.4 Å². The van der Waals surface area contributed by atoms with Crippen molar-refractivity contribution in [3.8, 4) is 5.75 Å². The van der Waals surface area contributed by atoms with Crippen molar-refractivity contribution in [2.45, 2.75) is 0 Å². The molecule has 0 fully saturated rings. The molecule has 0 spiro atoms. The number of phenols is 1. The van der Waals surface area contributed by atoms with Gasteiger partial charge in [0.25, 0.3) is 11.8 Å². The van der Waals surface area contributed by atoms with Gasteiger partial charge in [-0.05, 0) is 58.8 Å². The number of anilines is 1. The number of amides is 2. The van der Waals surface area contributed by atoms with Crippen molar-refractivity contribution in [2.24, 2.45) is 5.10 Å². The number of phenolic OH excluding ortho intramolecular Hbond substituents is 1. The topological polar surface area (TPSA) is 94.0 Å². The van der Waals surface area contributed by atoms with Crippen LogP contribution in [0.1, 0.15) is 21.5 Å². The van der Waals surface area contributed by atoms with Crippen LogP contribution in [-0.2, 0) is 4.79 Å². The molecule has 7 nitrogen and oxygen atoms in total. The van der Waals surface area contributed by atoms with Crippen LogP contribution < -0.4 is 15.6 Å². The van der Waals surface area contributed by atoms with Gasteiger partial charge in [-0.15, -0.1) is 0 Å². The van der Waals surface area contributed by atoms with Crippen LogP contribution >= 0.6 is 0 Å². The first kappa shape index (κ1) is 25.1. The van der Waals surface area contributed by atoms with Gasteiger partial charge in [-0.3, -0.25) is 9.59 Å². The molecule has 0 aliphatic rings. The maximum atomic E-state index is 13.6. The predicted molar refractivity (Wildman–Crippen MR) is 144 cm³/mol. The van der Waals surface area contributed by atoms with E-state index in [-0.39, 0.29) is 17.0 Å². The lowest BCUT2D eigenvalue weighted by Crippen LogP contribution is -2.32. The van der Waals surface area contributed by atoms with Crippen LogP contribution in [0.3, 0.4) is 0 Å². The van der Waals surface area contributed by atoms with E-state index in [4.69, 9.17) is 0 Å². The molecule has 4 rings (SSSR count). The summed E-state index contributed by atoms with van der Waals surface area (Å²) in [6.07, 6.45) is 2.84. The van der Waals surface area contributed by atoms with Crippen molar-refractivity contribution in [1.29, 1.82) is 0 Å². The third-order valence-electron chi connectivity index (χ3n) is 5.61. The maximum Gasteiger partial charge on any atom is 0.287 e. The lowest BCUT2D eigenvalue weighted by molar-refractivity contribution is -0.117. The smallest absolute Gasteiger partial charge is 0.287 e. The number of carbonyl (C=O) groups is 2. The molecule has 0 heterocycles. The Morgan fingerprint density at radius 2 is 1.70 bits per heavy atom. The maximum absolute atomic E-state index is 13.6. The number of aromatic hydroxyl groups is 1. The van der Waals surface area contributed by atoms with E-state index in [0.717, 1.165) is 22.5 Å². The van der Waals surface area contributed by atoms with E-state index >= 15 is 0 Å². The number of rotatable bonds is 7. The lowest BCUT2D eigenvalue weighted by atomic mass is 10.0. The molecule has 4 aromatic carbocycles. The Hall–Kier alpha value is -4.98. The Morgan fingerprint density at radius 3 is 2.43 bits per heavy atom. The SMILES string of the molecule is CN(C)c1ccc(/C=C(\NC(=O)c2cccc(F)c2)C(=O)NN=Cc2c(O)ccc3ccccc23)cc1. The van der Waals surface area contributed by atoms with Gasteiger partial charge in [0.05, 0.1) is 6.21 Å². The molecule has 0 saturated carbocycles. The first-order chi connectivity index (χ1) is 17.8. The van der Waals surface area contributed by atoms with Crippen LogP contribution in [0.25, 0.3) is 16.8 Å². The second kappa shape index (κ2) is 11.2. The Balaban J connectivity index is 1.60. The fourth-order valence-corrected chi connectivity index (χ4v) is 3.65. The van der Waals surface area contributed by atoms with E-state index in [0.29, 0.717) is 11.1 Å². The summed E-state index contributed by atoms with van der Waals surface area (Å²) in [4.78, 5) is 27.7. The highest BCUT2D eigenvalue weighted by molar-refractivity contribution is 6.06. The Kier molecular flexibility index (Phi) is 7.59. The van der Waals surface area contributed by atoms with Gasteiger partial charge in [0.1, 0.15) is 17.3 Å². The highest BCUT2D eigenvalue weighted by atomic mass is 19.1. The molecule has 0 aliphatic heterocycles. The van der Waals surface area contributed by atoms with Crippen molar-refractivity contribution >= 4 is 40.6 Å². The van der Waals surface area contributed by atoms with Crippen molar-refractivity contribution < 1.29 is 19.1 Å². The molecule has 3 N–H and O–H groups in total. The summed E-state index contributed by atoms with van der Waals surface area (Å²) in [5, 5.41) is 18.5. The first-order valence-electron chi connectivity index (χ1n) is 11.4. The first-order valence-corrected chi connectivity index (χ1v) is 11.4. The van der Waals surface area contributed by atoms with Gasteiger partial charge < -0.3 is 15.3 Å². The second-order valence-electron chi connectivity index (χ2n) is 8.43. The quantitative estimate of drug-likeness (QED) is 0.197. The lowest BCUT2D eigenvalue weighted by Gasteiger charge is -2.13. The van der Waals surface area contributed by atoms with Crippen LogP contribution in [0, 0.1) is 5.82 Å². The molecule has 186 valence electrons. The summed E-state index contributed by atoms with van der Waals surface area (Å²) in [5.41, 5.74) is 4.42. The van der Waals surface area contributed by atoms with Gasteiger partial charge in [-0.25, -0.2) is 9.82 Å². The summed E-state index contributed by atoms with van der Waals surface area (Å²) in [7, 11) is 3.82. The number of nitrogens with one attached hydrogen (secondary N) is 2. The zero-order valence-electron chi connectivity index (χ0n) is 20.3. The molecule has 0 unspecified atom stereocenters. The molecule has 0 aromatic heterocycles. The summed E-state index contributed by atoms with van der Waals surface area (Å²) >= 11 is 0. The van der Waals surface area contributed by atoms with Gasteiger partial charge in [0.2, 0.25) is 0 Å². The van der Waals surface area contributed by atoms with Gasteiger partial charge in [0, 0.05) is 30.9 Å². The third-order valence-corrected chi connectivity index (χ3v) is 5.61. The molecule has 2 amide bonds. The number of hydrogen-bond donors (Lipinski definition) is 3. The van der Waals surface area contributed by atoms with E-state index < -0.39 is 17.6 Å². The molecule has 0 saturated heterocycles. The molecule has 0 atom stereocenters. The number of hydrazone groups is 1. The minimum Gasteiger partial charge on any atom is -0.507 e. The Morgan fingerprint density at radius 1 is 0.946 bits per heavy atom. The van der Waals surface area contributed by atoms with Crippen LogP contribution in [0.2, 0.25) is 0 Å². The summed E-state index contributed by atoms with van der Waals surface area (Å²) in [6.45, 7) is 0. The summed E-state index contributed by atoms with van der Waals surface area (Å²) in [6, 6.07) is 23.3. The molecule has 37 heavy (non-hydrogen) atoms. The van der Waals surface area contributed by atoms with E-state index in [1.54, 1.807) is 24.3 Å². The Bertz CT molecular complexity index is 1510. The van der Waals surface area contributed by atoms with Gasteiger partial charge in [-0.1, -0.05) is 48.5 Å². The highest BCUT2D eigenvalue weighted by Gasteiger charge is 2.15. The van der Waals surface area contributed by atoms with Crippen LogP contribution in [0.15, 0.2) is 95.7 Å². The summed E-state index contributed by atoms with van der Waals surface area (Å²) < 4.78 is 13.6. The van der Waals surface area contributed by atoms with Crippen molar-refractivity contribution in [3.63, 3.8) is 0 Å². The van der Waals surface area contributed by atoms with Gasteiger partial charge in [0.15, 0.2) is 0 Å². The minimum absolute atomic E-state index is 0.00727. The number of benzene rings is 4. The van der Waals surface area contributed by atoms with Crippen LogP contribution in [0.4, 0.5) is 10.1 Å². The normalized spacial score (nSPS) is 11.5. The molecular formula is C29H25FN4O3. The second-order valence-corrected chi connectivity index (χ2v) is 8.43. The number of halogens is 1. The average molecular weight is 497 g/mol. The third kappa shape index (κ3) is 6.18. The monoisotopic (exact) mass is 496 g/mol. The van der Waals surface area contributed by atoms with E-state index in [2.05, 4.69) is 15.8 Å². The number of hydrogen-bond acceptors (Lipinski definition) is 5. The zero-order chi connectivity index (χ0) is 26.4. The standard InChI is InChI=1S/C29H25FN4O3/c1-34(2)23-13-10-19(11-14-23)16-26(32-28(36)21-7-5-8-22(30)17-21)29(37)33-31-18-25-24-9-4-3-6-20(24)12-15-27(25)35/h3-18,35H,1-2H3,(H,32,36)(H,33,37)/b26-16-,31-18?. The molecule has 8 heteroatoms. The largest absolute Gasteiger partial charge is 0.507 e. The van der Waals surface area contributed by atoms with Crippen molar-refractivity contribution in [1.82, 2.24) is 10.7 Å². The number of fused-ring (bicyclic) bond motifs is 1. The molecular weight excluding hydrogens is 471 g/mol. The van der Waals surface area contributed by atoms with Crippen molar-refractivity contribution in [3.05, 3.63) is 113 Å². The zero-order valence-corrected chi connectivity index (χ0v) is 20.3. The fourth-order valence-electron chi connectivity index (χ4n) is 3.65. The molecule has 0 aliphatic carbocycles. The van der Waals surface area contributed by atoms with E-state index in [9.17, 15) is 19.1 Å². The molecule has 0 radical (unpaired) electrons. The highest BCUT2D eigenvalue weighted by Crippen LogP contribution is 2.25. The Labute approximate surface area is 213 Å². The van der Waals surface area contributed by atoms with Crippen LogP contribution in [-0.4, -0.2) is 37.2 Å². The minimum atomic E-state index is -0.697. The van der Waals surface area contributed by atoms with Gasteiger partial charge in [-0.2, -0.15) is 5.10 Å². The number of carbonyl (C=O) groups excluding carboxylic acids is 2. The average Bonchev–Trinajstić information content (AvgIpc) is 2.89. The van der Waals surface area contributed by atoms with Crippen LogP contribution in [0.5, 0.6) is 5.75 Å². The molecule has 0 bridgehead atoms. The number of nitrogens with zero attached hydrogens (tertiary/aromatic N) is 2. The van der Waals surface area contributed by atoms with Crippen molar-refractivity contribution in [2.75, 3.05) is 19.0 Å². The fraction of sp³-hybridized carbons (Fsp3) is 0.0690. The van der Waals surface area contributed by atoms with E-state index in [1.165, 1.54) is 30.5 Å². The predicted octanol–water partition coefficient (Wildman–Crippen LogP) is 4.67.